The van der Waals surface area contributed by atoms with Crippen LogP contribution in [-0.2, 0) is 15.8 Å². The van der Waals surface area contributed by atoms with Crippen LogP contribution in [0.15, 0.2) is 35.4 Å². The highest BCUT2D eigenvalue weighted by molar-refractivity contribution is 5.92. The third-order valence-corrected chi connectivity index (χ3v) is 6.54. The van der Waals surface area contributed by atoms with Crippen molar-refractivity contribution in [1.82, 2.24) is 10.4 Å². The lowest BCUT2D eigenvalue weighted by Crippen LogP contribution is -2.47. The number of halogens is 3. The first kappa shape index (κ1) is 23.6. The van der Waals surface area contributed by atoms with Crippen molar-refractivity contribution in [1.29, 1.82) is 0 Å². The Balaban J connectivity index is 1.42. The Labute approximate surface area is 182 Å². The van der Waals surface area contributed by atoms with Gasteiger partial charge in [0.2, 0.25) is 0 Å². The minimum absolute atomic E-state index is 0.158. The summed E-state index contributed by atoms with van der Waals surface area (Å²) < 4.78 is 38.9. The molecule has 172 valence electrons. The smallest absolute Gasteiger partial charge is 0.369 e. The van der Waals surface area contributed by atoms with Gasteiger partial charge in [0.25, 0.3) is 5.91 Å². The molecule has 0 aromatic heterocycles. The number of allylic oxidation sites excluding steroid dienone is 1. The van der Waals surface area contributed by atoms with Crippen molar-refractivity contribution in [3.8, 4) is 0 Å². The molecule has 1 saturated carbocycles. The average molecular weight is 440 g/mol. The van der Waals surface area contributed by atoms with Crippen molar-refractivity contribution >= 4 is 11.6 Å². The Morgan fingerprint density at radius 3 is 2.45 bits per heavy atom. The number of piperazine rings is 1. The van der Waals surface area contributed by atoms with E-state index in [1.54, 1.807) is 6.07 Å². The molecule has 1 amide bonds. The van der Waals surface area contributed by atoms with Crippen LogP contribution in [0.2, 0.25) is 0 Å². The Morgan fingerprint density at radius 2 is 1.84 bits per heavy atom. The lowest BCUT2D eigenvalue weighted by atomic mass is 9.82. The molecule has 2 fully saturated rings. The van der Waals surface area contributed by atoms with Gasteiger partial charge in [-0.2, -0.15) is 13.2 Å². The number of carbonyl (C=O) groups is 1. The van der Waals surface area contributed by atoms with Gasteiger partial charge in [0.15, 0.2) is 0 Å². The van der Waals surface area contributed by atoms with Crippen LogP contribution in [0, 0.1) is 5.92 Å². The summed E-state index contributed by atoms with van der Waals surface area (Å²) >= 11 is 0. The molecule has 1 heterocycles. The second-order valence-electron chi connectivity index (χ2n) is 8.47. The van der Waals surface area contributed by atoms with E-state index in [1.165, 1.54) is 24.8 Å². The van der Waals surface area contributed by atoms with Crippen LogP contribution < -0.4 is 10.4 Å². The van der Waals surface area contributed by atoms with Crippen LogP contribution in [0.25, 0.3) is 0 Å². The second kappa shape index (κ2) is 10.5. The average Bonchev–Trinajstić information content (AvgIpc) is 2.77. The van der Waals surface area contributed by atoms with E-state index in [4.69, 9.17) is 4.84 Å². The van der Waals surface area contributed by atoms with Gasteiger partial charge in [-0.1, -0.05) is 11.6 Å². The van der Waals surface area contributed by atoms with E-state index in [0.717, 1.165) is 76.5 Å². The predicted octanol–water partition coefficient (Wildman–Crippen LogP) is 4.40. The fourth-order valence-electron chi connectivity index (χ4n) is 4.49. The van der Waals surface area contributed by atoms with Crippen LogP contribution in [0.5, 0.6) is 0 Å². The quantitative estimate of drug-likeness (QED) is 0.527. The second-order valence-corrected chi connectivity index (χ2v) is 8.47. The molecular weight excluding hydrogens is 407 g/mol. The van der Waals surface area contributed by atoms with Crippen molar-refractivity contribution in [2.24, 2.45) is 5.92 Å². The molecule has 1 aromatic rings. The molecule has 0 bridgehead atoms. The van der Waals surface area contributed by atoms with Gasteiger partial charge in [-0.3, -0.25) is 14.5 Å². The van der Waals surface area contributed by atoms with Crippen LogP contribution in [0.4, 0.5) is 18.9 Å². The third-order valence-electron chi connectivity index (χ3n) is 6.54. The maximum Gasteiger partial charge on any atom is 0.416 e. The lowest BCUT2D eigenvalue weighted by molar-refractivity contribution is -0.137. The summed E-state index contributed by atoms with van der Waals surface area (Å²) in [7, 11) is 1.44. The molecular formula is C23H32F3N3O2. The standard InChI is InChI=1S/C23H32F3N3O2/c1-17(22(30)27-31-2)19-8-6-18(7-9-19)10-11-28-12-14-29(15-13-28)21-5-3-4-20(16-21)23(24,25)26/h3-5,16,18H,6-15H2,1-2H3,(H,27,30). The van der Waals surface area contributed by atoms with Gasteiger partial charge >= 0.3 is 6.18 Å². The number of nitrogens with one attached hydrogen (secondary N) is 1. The number of rotatable bonds is 6. The lowest BCUT2D eigenvalue weighted by Gasteiger charge is -2.37. The molecule has 5 nitrogen and oxygen atoms in total. The first-order valence-corrected chi connectivity index (χ1v) is 10.9. The summed E-state index contributed by atoms with van der Waals surface area (Å²) in [5, 5.41) is 0. The molecule has 3 rings (SSSR count). The minimum atomic E-state index is -4.31. The zero-order valence-corrected chi connectivity index (χ0v) is 18.3. The number of carbonyl (C=O) groups excluding carboxylic acids is 1. The number of hydroxylamine groups is 1. The molecule has 1 saturated heterocycles. The topological polar surface area (TPSA) is 44.8 Å². The molecule has 2 aliphatic rings. The van der Waals surface area contributed by atoms with Crippen molar-refractivity contribution < 1.29 is 22.8 Å². The number of hydrogen-bond donors (Lipinski definition) is 1. The van der Waals surface area contributed by atoms with Gasteiger partial charge in [0, 0.05) is 37.4 Å². The van der Waals surface area contributed by atoms with E-state index in [2.05, 4.69) is 10.4 Å². The van der Waals surface area contributed by atoms with Crippen LogP contribution in [0.1, 0.15) is 44.6 Å². The highest BCUT2D eigenvalue weighted by Crippen LogP contribution is 2.33. The number of amides is 1. The molecule has 1 aromatic carbocycles. The van der Waals surface area contributed by atoms with Crippen molar-refractivity contribution in [3.05, 3.63) is 41.0 Å². The maximum absolute atomic E-state index is 13.0. The fraction of sp³-hybridized carbons (Fsp3) is 0.609. The Hall–Kier alpha value is -2.06. The van der Waals surface area contributed by atoms with Crippen molar-refractivity contribution in [2.45, 2.75) is 45.2 Å². The van der Waals surface area contributed by atoms with Gasteiger partial charge in [-0.15, -0.1) is 0 Å². The first-order chi connectivity index (χ1) is 14.8. The third kappa shape index (κ3) is 6.46. The van der Waals surface area contributed by atoms with Crippen LogP contribution in [-0.4, -0.2) is 50.6 Å². The SMILES string of the molecule is CONC(=O)C(C)=C1CCC(CCN2CCN(c3cccc(C(F)(F)F)c3)CC2)CC1. The summed E-state index contributed by atoms with van der Waals surface area (Å²) in [6.45, 7) is 6.09. The molecule has 0 spiro atoms. The fourth-order valence-corrected chi connectivity index (χ4v) is 4.49. The number of hydrogen-bond acceptors (Lipinski definition) is 4. The Morgan fingerprint density at radius 1 is 1.16 bits per heavy atom. The van der Waals surface area contributed by atoms with Crippen LogP contribution in [0.3, 0.4) is 0 Å². The largest absolute Gasteiger partial charge is 0.416 e. The van der Waals surface area contributed by atoms with Gasteiger partial charge in [0.1, 0.15) is 0 Å². The number of nitrogens with zero attached hydrogens (tertiary/aromatic N) is 2. The summed E-state index contributed by atoms with van der Waals surface area (Å²) in [6, 6.07) is 5.61. The van der Waals surface area contributed by atoms with Gasteiger partial charge in [0.05, 0.1) is 12.7 Å². The van der Waals surface area contributed by atoms with E-state index < -0.39 is 11.7 Å². The van der Waals surface area contributed by atoms with Crippen LogP contribution >= 0.6 is 0 Å². The van der Waals surface area contributed by atoms with E-state index in [9.17, 15) is 18.0 Å². The molecule has 8 heteroatoms. The number of anilines is 1. The van der Waals surface area contributed by atoms with Crippen molar-refractivity contribution in [3.63, 3.8) is 0 Å². The maximum atomic E-state index is 13.0. The zero-order valence-electron chi connectivity index (χ0n) is 18.3. The zero-order chi connectivity index (χ0) is 22.4. The summed E-state index contributed by atoms with van der Waals surface area (Å²) in [5.74, 6) is 0.498. The highest BCUT2D eigenvalue weighted by Gasteiger charge is 2.31. The van der Waals surface area contributed by atoms with Gasteiger partial charge in [-0.05, 0) is 69.7 Å². The predicted molar refractivity (Wildman–Crippen MR) is 115 cm³/mol. The normalized spacial score (nSPS) is 20.6. The van der Waals surface area contributed by atoms with E-state index in [0.29, 0.717) is 11.6 Å². The number of alkyl halides is 3. The van der Waals surface area contributed by atoms with E-state index in [1.807, 2.05) is 11.8 Å². The monoisotopic (exact) mass is 439 g/mol. The highest BCUT2D eigenvalue weighted by atomic mass is 19.4. The molecule has 0 radical (unpaired) electrons. The molecule has 1 aliphatic heterocycles. The van der Waals surface area contributed by atoms with E-state index >= 15 is 0 Å². The van der Waals surface area contributed by atoms with Crippen molar-refractivity contribution in [2.75, 3.05) is 44.7 Å². The molecule has 31 heavy (non-hydrogen) atoms. The molecule has 1 aliphatic carbocycles. The summed E-state index contributed by atoms with van der Waals surface area (Å²) in [6.07, 6.45) is 0.918. The molecule has 1 N–H and O–H groups in total. The van der Waals surface area contributed by atoms with Gasteiger partial charge < -0.3 is 4.90 Å². The minimum Gasteiger partial charge on any atom is -0.369 e. The first-order valence-electron chi connectivity index (χ1n) is 10.9. The molecule has 0 unspecified atom stereocenters. The Kier molecular flexibility index (Phi) is 8.00. The van der Waals surface area contributed by atoms with Gasteiger partial charge in [-0.25, -0.2) is 5.48 Å². The number of benzene rings is 1. The summed E-state index contributed by atoms with van der Waals surface area (Å²) in [4.78, 5) is 21.0. The van der Waals surface area contributed by atoms with E-state index in [-0.39, 0.29) is 5.91 Å². The Bertz CT molecular complexity index is 777. The summed E-state index contributed by atoms with van der Waals surface area (Å²) in [5.41, 5.74) is 4.43. The molecule has 0 atom stereocenters.